The number of nitrogens with zero attached hydrogens (tertiary/aromatic N) is 2. The fourth-order valence-electron chi connectivity index (χ4n) is 2.89. The molecule has 0 unspecified atom stereocenters. The largest absolute Gasteiger partial charge is 0.369 e. The van der Waals surface area contributed by atoms with Gasteiger partial charge in [-0.05, 0) is 37.2 Å². The number of para-hydroxylation sites is 1. The summed E-state index contributed by atoms with van der Waals surface area (Å²) in [4.78, 5) is 4.77. The van der Waals surface area contributed by atoms with E-state index in [0.717, 1.165) is 50.5 Å². The Morgan fingerprint density at radius 3 is 2.40 bits per heavy atom. The molecule has 0 spiro atoms. The molecule has 0 amide bonds. The maximum Gasteiger partial charge on any atom is 0.250 e. The van der Waals surface area contributed by atoms with E-state index in [-0.39, 0.29) is 4.21 Å². The second kappa shape index (κ2) is 8.51. The number of piperazine rings is 1. The Bertz CT molecular complexity index is 772. The van der Waals surface area contributed by atoms with Gasteiger partial charge in [-0.1, -0.05) is 29.8 Å². The first-order valence-electron chi connectivity index (χ1n) is 8.32. The van der Waals surface area contributed by atoms with Crippen LogP contribution in [-0.2, 0) is 10.0 Å². The van der Waals surface area contributed by atoms with Crippen molar-refractivity contribution in [3.05, 3.63) is 46.8 Å². The summed E-state index contributed by atoms with van der Waals surface area (Å²) >= 11 is 6.88. The fourth-order valence-corrected chi connectivity index (χ4v) is 5.49. The minimum atomic E-state index is -3.43. The van der Waals surface area contributed by atoms with Crippen LogP contribution in [0.15, 0.2) is 46.7 Å². The SMILES string of the molecule is O=S(=O)(NCCCN1CCN(c2ccccc2)CC1)c1ccc(Cl)s1. The molecule has 1 N–H and O–H groups in total. The monoisotopic (exact) mass is 399 g/mol. The molecular weight excluding hydrogens is 378 g/mol. The fraction of sp³-hybridized carbons (Fsp3) is 0.412. The van der Waals surface area contributed by atoms with Crippen LogP contribution in [0.5, 0.6) is 0 Å². The Balaban J connectivity index is 1.38. The molecule has 0 atom stereocenters. The quantitative estimate of drug-likeness (QED) is 0.727. The van der Waals surface area contributed by atoms with E-state index < -0.39 is 10.0 Å². The van der Waals surface area contributed by atoms with Crippen LogP contribution in [0.2, 0.25) is 4.34 Å². The molecule has 1 aliphatic heterocycles. The maximum atomic E-state index is 12.1. The van der Waals surface area contributed by atoms with Crippen molar-refractivity contribution in [2.24, 2.45) is 0 Å². The maximum absolute atomic E-state index is 12.1. The molecular formula is C17H22ClN3O2S2. The van der Waals surface area contributed by atoms with Crippen LogP contribution in [0.1, 0.15) is 6.42 Å². The lowest BCUT2D eigenvalue weighted by Gasteiger charge is -2.36. The number of thiophene rings is 1. The molecule has 136 valence electrons. The third kappa shape index (κ3) is 5.18. The van der Waals surface area contributed by atoms with Crippen LogP contribution in [0, 0.1) is 0 Å². The zero-order valence-corrected chi connectivity index (χ0v) is 16.3. The third-order valence-corrected chi connectivity index (χ3v) is 7.43. The molecule has 1 aliphatic rings. The summed E-state index contributed by atoms with van der Waals surface area (Å²) in [6, 6.07) is 13.6. The second-order valence-corrected chi connectivity index (χ2v) is 9.68. The Kier molecular flexibility index (Phi) is 6.35. The van der Waals surface area contributed by atoms with Crippen LogP contribution < -0.4 is 9.62 Å². The average Bonchev–Trinajstić information content (AvgIpc) is 3.07. The molecule has 3 rings (SSSR count). The van der Waals surface area contributed by atoms with Crippen LogP contribution in [0.4, 0.5) is 5.69 Å². The summed E-state index contributed by atoms with van der Waals surface area (Å²) in [5.74, 6) is 0. The van der Waals surface area contributed by atoms with Gasteiger partial charge in [0.05, 0.1) is 4.34 Å². The number of benzene rings is 1. The van der Waals surface area contributed by atoms with Gasteiger partial charge in [0.25, 0.3) is 0 Å². The van der Waals surface area contributed by atoms with Crippen LogP contribution in [0.25, 0.3) is 0 Å². The van der Waals surface area contributed by atoms with Gasteiger partial charge in [-0.2, -0.15) is 0 Å². The lowest BCUT2D eigenvalue weighted by molar-refractivity contribution is 0.255. The molecule has 0 radical (unpaired) electrons. The summed E-state index contributed by atoms with van der Waals surface area (Å²) in [5, 5.41) is 0. The van der Waals surface area contributed by atoms with E-state index in [9.17, 15) is 8.42 Å². The summed E-state index contributed by atoms with van der Waals surface area (Å²) in [6.45, 7) is 5.35. The molecule has 1 saturated heterocycles. The number of hydrogen-bond donors (Lipinski definition) is 1. The molecule has 0 saturated carbocycles. The van der Waals surface area contributed by atoms with Crippen molar-refractivity contribution in [3.8, 4) is 0 Å². The summed E-state index contributed by atoms with van der Waals surface area (Å²) in [5.41, 5.74) is 1.27. The van der Waals surface area contributed by atoms with Gasteiger partial charge in [0.2, 0.25) is 10.0 Å². The molecule has 0 bridgehead atoms. The van der Waals surface area contributed by atoms with Crippen molar-refractivity contribution in [1.82, 2.24) is 9.62 Å². The highest BCUT2D eigenvalue weighted by Gasteiger charge is 2.18. The molecule has 1 aromatic heterocycles. The summed E-state index contributed by atoms with van der Waals surface area (Å²) in [7, 11) is -3.43. The highest BCUT2D eigenvalue weighted by atomic mass is 35.5. The van der Waals surface area contributed by atoms with E-state index in [4.69, 9.17) is 11.6 Å². The van der Waals surface area contributed by atoms with Crippen molar-refractivity contribution in [2.45, 2.75) is 10.6 Å². The lowest BCUT2D eigenvalue weighted by atomic mass is 10.2. The number of anilines is 1. The normalized spacial score (nSPS) is 16.3. The predicted octanol–water partition coefficient (Wildman–Crippen LogP) is 2.89. The zero-order valence-electron chi connectivity index (χ0n) is 13.9. The molecule has 1 aromatic carbocycles. The highest BCUT2D eigenvalue weighted by molar-refractivity contribution is 7.91. The van der Waals surface area contributed by atoms with E-state index in [2.05, 4.69) is 38.8 Å². The molecule has 8 heteroatoms. The number of rotatable bonds is 7. The first-order chi connectivity index (χ1) is 12.0. The van der Waals surface area contributed by atoms with E-state index in [1.807, 2.05) is 6.07 Å². The standard InChI is InChI=1S/C17H22ClN3O2S2/c18-16-7-8-17(24-16)25(22,23)19-9-4-10-20-11-13-21(14-12-20)15-5-2-1-3-6-15/h1-3,5-8,19H,4,9-14H2. The van der Waals surface area contributed by atoms with Gasteiger partial charge in [-0.3, -0.25) is 4.90 Å². The van der Waals surface area contributed by atoms with Crippen molar-refractivity contribution in [2.75, 3.05) is 44.2 Å². The molecule has 0 aliphatic carbocycles. The second-order valence-electron chi connectivity index (χ2n) is 5.97. The van der Waals surface area contributed by atoms with Crippen LogP contribution in [0.3, 0.4) is 0 Å². The van der Waals surface area contributed by atoms with Gasteiger partial charge in [0.1, 0.15) is 4.21 Å². The lowest BCUT2D eigenvalue weighted by Crippen LogP contribution is -2.47. The Labute approximate surface area is 158 Å². The first-order valence-corrected chi connectivity index (χ1v) is 11.0. The Morgan fingerprint density at radius 2 is 1.76 bits per heavy atom. The molecule has 5 nitrogen and oxygen atoms in total. The molecule has 25 heavy (non-hydrogen) atoms. The van der Waals surface area contributed by atoms with Crippen molar-refractivity contribution >= 4 is 38.6 Å². The number of halogens is 1. The number of hydrogen-bond acceptors (Lipinski definition) is 5. The topological polar surface area (TPSA) is 52.7 Å². The predicted molar refractivity (Wildman–Crippen MR) is 104 cm³/mol. The Morgan fingerprint density at radius 1 is 1.04 bits per heavy atom. The van der Waals surface area contributed by atoms with Gasteiger partial charge in [0.15, 0.2) is 0 Å². The van der Waals surface area contributed by atoms with Crippen molar-refractivity contribution < 1.29 is 8.42 Å². The van der Waals surface area contributed by atoms with Gasteiger partial charge in [0, 0.05) is 38.4 Å². The van der Waals surface area contributed by atoms with E-state index in [1.54, 1.807) is 6.07 Å². The van der Waals surface area contributed by atoms with Gasteiger partial charge in [-0.25, -0.2) is 13.1 Å². The summed E-state index contributed by atoms with van der Waals surface area (Å²) < 4.78 is 27.6. The van der Waals surface area contributed by atoms with E-state index in [0.29, 0.717) is 10.9 Å². The smallest absolute Gasteiger partial charge is 0.250 e. The van der Waals surface area contributed by atoms with E-state index in [1.165, 1.54) is 11.8 Å². The minimum absolute atomic E-state index is 0.272. The number of sulfonamides is 1. The molecule has 1 fully saturated rings. The van der Waals surface area contributed by atoms with E-state index >= 15 is 0 Å². The Hall–Kier alpha value is -1.12. The summed E-state index contributed by atoms with van der Waals surface area (Å²) in [6.07, 6.45) is 0.795. The average molecular weight is 400 g/mol. The highest BCUT2D eigenvalue weighted by Crippen LogP contribution is 2.25. The third-order valence-electron chi connectivity index (χ3n) is 4.25. The van der Waals surface area contributed by atoms with Crippen molar-refractivity contribution in [1.29, 1.82) is 0 Å². The van der Waals surface area contributed by atoms with Gasteiger partial charge in [-0.15, -0.1) is 11.3 Å². The van der Waals surface area contributed by atoms with Crippen LogP contribution in [-0.4, -0.2) is 52.6 Å². The first kappa shape index (κ1) is 18.7. The van der Waals surface area contributed by atoms with Crippen molar-refractivity contribution in [3.63, 3.8) is 0 Å². The van der Waals surface area contributed by atoms with Crippen LogP contribution >= 0.6 is 22.9 Å². The number of nitrogens with one attached hydrogen (secondary N) is 1. The van der Waals surface area contributed by atoms with Gasteiger partial charge >= 0.3 is 0 Å². The molecule has 2 heterocycles. The minimum Gasteiger partial charge on any atom is -0.369 e. The van der Waals surface area contributed by atoms with Gasteiger partial charge < -0.3 is 4.90 Å². The zero-order chi connectivity index (χ0) is 17.7. The molecule has 2 aromatic rings.